The number of nitrogens with zero attached hydrogens (tertiary/aromatic N) is 2. The van der Waals surface area contributed by atoms with Crippen LogP contribution in [0.15, 0.2) is 18.2 Å². The minimum atomic E-state index is -0.670. The van der Waals surface area contributed by atoms with E-state index in [1.165, 1.54) is 7.11 Å². The Morgan fingerprint density at radius 2 is 1.83 bits per heavy atom. The molecule has 1 atom stereocenters. The molecule has 10 heteroatoms. The fourth-order valence-electron chi connectivity index (χ4n) is 4.11. The molecule has 0 saturated carbocycles. The van der Waals surface area contributed by atoms with Crippen LogP contribution in [0.2, 0.25) is 0 Å². The smallest absolute Gasteiger partial charge is 0.258 e. The number of hydrogen-bond donors (Lipinski definition) is 3. The lowest BCUT2D eigenvalue weighted by atomic mass is 10.1. The fourth-order valence-corrected chi connectivity index (χ4v) is 4.11. The summed E-state index contributed by atoms with van der Waals surface area (Å²) in [4.78, 5) is 41.4. The second-order valence-corrected chi connectivity index (χ2v) is 9.15. The molecule has 1 aliphatic heterocycles. The standard InChI is InChI=1S/C26H42N4O6/c1-20-26(34)29(2)13-4-5-14-30(16-7-17-31)15-6-12-27-24(32)11-9-21-8-10-22(35-3)23(18-21)36-19-25(33)28-20/h8,10,18,20,31H,4-7,9,11-17,19H2,1-3H3,(H,27,32)(H,28,33)/t20-/m0/s1. The molecule has 0 fully saturated rings. The van der Waals surface area contributed by atoms with E-state index in [1.54, 1.807) is 31.0 Å². The zero-order valence-corrected chi connectivity index (χ0v) is 21.9. The Morgan fingerprint density at radius 3 is 2.58 bits per heavy atom. The van der Waals surface area contributed by atoms with Crippen LogP contribution in [0.3, 0.4) is 0 Å². The molecule has 0 saturated heterocycles. The van der Waals surface area contributed by atoms with Crippen molar-refractivity contribution in [2.75, 3.05) is 60.1 Å². The highest BCUT2D eigenvalue weighted by molar-refractivity contribution is 5.87. The van der Waals surface area contributed by atoms with Gasteiger partial charge in [-0.05, 0) is 69.8 Å². The van der Waals surface area contributed by atoms with Gasteiger partial charge in [0.15, 0.2) is 18.1 Å². The lowest BCUT2D eigenvalue weighted by Crippen LogP contribution is -2.47. The summed E-state index contributed by atoms with van der Waals surface area (Å²) in [6.45, 7) is 5.22. The first kappa shape index (κ1) is 29.4. The molecule has 1 aliphatic rings. The molecule has 1 aromatic carbocycles. The molecule has 3 N–H and O–H groups in total. The van der Waals surface area contributed by atoms with Gasteiger partial charge >= 0.3 is 0 Å². The molecule has 10 nitrogen and oxygen atoms in total. The summed E-state index contributed by atoms with van der Waals surface area (Å²) in [5, 5.41) is 14.9. The lowest BCUT2D eigenvalue weighted by molar-refractivity contribution is -0.135. The normalized spacial score (nSPS) is 20.4. The van der Waals surface area contributed by atoms with E-state index in [2.05, 4.69) is 15.5 Å². The average molecular weight is 507 g/mol. The van der Waals surface area contributed by atoms with Crippen molar-refractivity contribution < 1.29 is 29.0 Å². The van der Waals surface area contributed by atoms with E-state index in [-0.39, 0.29) is 25.0 Å². The Balaban J connectivity index is 2.08. The molecule has 2 bridgehead atoms. The van der Waals surface area contributed by atoms with Crippen LogP contribution in [0.4, 0.5) is 0 Å². The fraction of sp³-hybridized carbons (Fsp3) is 0.654. The van der Waals surface area contributed by atoms with Crippen LogP contribution in [-0.4, -0.2) is 98.8 Å². The SMILES string of the molecule is COc1ccc2cc1OCC(=O)N[C@@H](C)C(=O)N(C)CCCCN(CCCO)CCCNC(=O)CC2. The summed E-state index contributed by atoms with van der Waals surface area (Å²) < 4.78 is 11.0. The highest BCUT2D eigenvalue weighted by atomic mass is 16.5. The number of rotatable bonds is 4. The van der Waals surface area contributed by atoms with Gasteiger partial charge in [-0.3, -0.25) is 14.4 Å². The van der Waals surface area contributed by atoms with Gasteiger partial charge in [0, 0.05) is 39.7 Å². The van der Waals surface area contributed by atoms with Gasteiger partial charge in [-0.25, -0.2) is 0 Å². The first-order valence-electron chi connectivity index (χ1n) is 12.8. The number of benzene rings is 1. The molecule has 0 aliphatic carbocycles. The van der Waals surface area contributed by atoms with Crippen molar-refractivity contribution >= 4 is 17.7 Å². The number of amides is 3. The summed E-state index contributed by atoms with van der Waals surface area (Å²) in [5.74, 6) is 0.320. The number of methoxy groups -OCH3 is 1. The molecule has 1 heterocycles. The molecule has 0 unspecified atom stereocenters. The van der Waals surface area contributed by atoms with E-state index < -0.39 is 11.9 Å². The zero-order chi connectivity index (χ0) is 26.3. The minimum absolute atomic E-state index is 0.0154. The summed E-state index contributed by atoms with van der Waals surface area (Å²) in [6.07, 6.45) is 4.13. The number of hydrogen-bond acceptors (Lipinski definition) is 7. The molecule has 1 aromatic rings. The van der Waals surface area contributed by atoms with Crippen LogP contribution in [0.1, 0.15) is 44.6 Å². The average Bonchev–Trinajstić information content (AvgIpc) is 2.87. The van der Waals surface area contributed by atoms with Crippen LogP contribution in [0.25, 0.3) is 0 Å². The van der Waals surface area contributed by atoms with Crippen molar-refractivity contribution in [1.82, 2.24) is 20.4 Å². The molecule has 3 amide bonds. The van der Waals surface area contributed by atoms with Crippen LogP contribution in [-0.2, 0) is 20.8 Å². The van der Waals surface area contributed by atoms with E-state index in [9.17, 15) is 19.5 Å². The van der Waals surface area contributed by atoms with Gasteiger partial charge in [-0.15, -0.1) is 0 Å². The van der Waals surface area contributed by atoms with Crippen molar-refractivity contribution in [3.8, 4) is 11.5 Å². The van der Waals surface area contributed by atoms with Crippen LogP contribution in [0.5, 0.6) is 11.5 Å². The van der Waals surface area contributed by atoms with E-state index in [1.807, 2.05) is 6.07 Å². The molecule has 0 radical (unpaired) electrons. The van der Waals surface area contributed by atoms with Crippen molar-refractivity contribution in [3.63, 3.8) is 0 Å². The lowest BCUT2D eigenvalue weighted by Gasteiger charge is -2.24. The Hall–Kier alpha value is -2.85. The molecule has 2 rings (SSSR count). The number of nitrogens with one attached hydrogen (secondary N) is 2. The maximum atomic E-state index is 12.7. The number of carbonyl (C=O) groups is 3. The number of aliphatic hydroxyl groups is 1. The first-order valence-corrected chi connectivity index (χ1v) is 12.8. The number of aliphatic hydroxyl groups excluding tert-OH is 1. The molecule has 36 heavy (non-hydrogen) atoms. The van der Waals surface area contributed by atoms with Crippen molar-refractivity contribution in [2.45, 2.75) is 51.5 Å². The molecular formula is C26H42N4O6. The van der Waals surface area contributed by atoms with Gasteiger partial charge in [-0.1, -0.05) is 6.07 Å². The maximum absolute atomic E-state index is 12.7. The molecular weight excluding hydrogens is 464 g/mol. The van der Waals surface area contributed by atoms with E-state index in [0.29, 0.717) is 43.9 Å². The third-order valence-electron chi connectivity index (χ3n) is 6.18. The summed E-state index contributed by atoms with van der Waals surface area (Å²) in [7, 11) is 3.26. The molecule has 202 valence electrons. The third-order valence-corrected chi connectivity index (χ3v) is 6.18. The van der Waals surface area contributed by atoms with Gasteiger partial charge in [-0.2, -0.15) is 0 Å². The summed E-state index contributed by atoms with van der Waals surface area (Å²) in [5.41, 5.74) is 0.892. The molecule has 0 spiro atoms. The first-order chi connectivity index (χ1) is 17.3. The monoisotopic (exact) mass is 506 g/mol. The predicted molar refractivity (Wildman–Crippen MR) is 137 cm³/mol. The van der Waals surface area contributed by atoms with Crippen molar-refractivity contribution in [1.29, 1.82) is 0 Å². The topological polar surface area (TPSA) is 120 Å². The largest absolute Gasteiger partial charge is 0.493 e. The Morgan fingerprint density at radius 1 is 1.08 bits per heavy atom. The zero-order valence-electron chi connectivity index (χ0n) is 21.9. The molecule has 0 aromatic heterocycles. The highest BCUT2D eigenvalue weighted by Crippen LogP contribution is 2.28. The number of fused-ring (bicyclic) bond motifs is 2. The number of carbonyl (C=O) groups excluding carboxylic acids is 3. The Bertz CT molecular complexity index is 850. The highest BCUT2D eigenvalue weighted by Gasteiger charge is 2.20. The van der Waals surface area contributed by atoms with Gasteiger partial charge in [0.25, 0.3) is 5.91 Å². The van der Waals surface area contributed by atoms with Crippen molar-refractivity contribution in [2.24, 2.45) is 0 Å². The Kier molecular flexibility index (Phi) is 13.1. The Labute approximate surface area is 214 Å². The number of ether oxygens (including phenoxy) is 2. The second kappa shape index (κ2) is 16.0. The summed E-state index contributed by atoms with van der Waals surface area (Å²) >= 11 is 0. The van der Waals surface area contributed by atoms with Gasteiger partial charge in [0.1, 0.15) is 6.04 Å². The van der Waals surface area contributed by atoms with E-state index >= 15 is 0 Å². The van der Waals surface area contributed by atoms with Crippen molar-refractivity contribution in [3.05, 3.63) is 23.8 Å². The second-order valence-electron chi connectivity index (χ2n) is 9.15. The van der Waals surface area contributed by atoms with E-state index in [4.69, 9.17) is 9.47 Å². The third kappa shape index (κ3) is 10.4. The van der Waals surface area contributed by atoms with Crippen LogP contribution >= 0.6 is 0 Å². The van der Waals surface area contributed by atoms with Crippen LogP contribution in [0, 0.1) is 0 Å². The number of aryl methyl sites for hydroxylation is 1. The quantitative estimate of drug-likeness (QED) is 0.556. The van der Waals surface area contributed by atoms with Crippen LogP contribution < -0.4 is 20.1 Å². The number of likely N-dealkylation sites (N-methyl/N-ethyl adjacent to an activating group) is 1. The maximum Gasteiger partial charge on any atom is 0.258 e. The van der Waals surface area contributed by atoms with Gasteiger partial charge in [0.05, 0.1) is 7.11 Å². The minimum Gasteiger partial charge on any atom is -0.493 e. The summed E-state index contributed by atoms with van der Waals surface area (Å²) in [6, 6.07) is 4.72. The predicted octanol–water partition coefficient (Wildman–Crippen LogP) is 0.954. The van der Waals surface area contributed by atoms with Gasteiger partial charge in [0.2, 0.25) is 11.8 Å². The van der Waals surface area contributed by atoms with E-state index in [0.717, 1.165) is 44.5 Å². The van der Waals surface area contributed by atoms with Gasteiger partial charge < -0.3 is 35.0 Å².